The van der Waals surface area contributed by atoms with E-state index in [2.05, 4.69) is 20.9 Å². The van der Waals surface area contributed by atoms with E-state index in [-0.39, 0.29) is 5.55 Å². The quantitative estimate of drug-likeness (QED) is 0.356. The van der Waals surface area contributed by atoms with Gasteiger partial charge in [-0.05, 0) is 36.4 Å². The van der Waals surface area contributed by atoms with Crippen LogP contribution in [0.2, 0.25) is 0 Å². The van der Waals surface area contributed by atoms with Gasteiger partial charge in [0.1, 0.15) is 16.2 Å². The highest BCUT2D eigenvalue weighted by Crippen LogP contribution is 2.29. The topological polar surface area (TPSA) is 80.1 Å². The summed E-state index contributed by atoms with van der Waals surface area (Å²) in [4.78, 5) is 17.0. The summed E-state index contributed by atoms with van der Waals surface area (Å²) < 4.78 is 12.0. The van der Waals surface area contributed by atoms with Gasteiger partial charge in [0, 0.05) is 20.6 Å². The zero-order valence-corrected chi connectivity index (χ0v) is 16.6. The van der Waals surface area contributed by atoms with Gasteiger partial charge < -0.3 is 8.83 Å². The summed E-state index contributed by atoms with van der Waals surface area (Å²) in [6.45, 7) is 0. The maximum absolute atomic E-state index is 12.4. The molecule has 0 aliphatic rings. The molecule has 136 valence electrons. The molecule has 0 unspecified atom stereocenters. The van der Waals surface area contributed by atoms with Crippen LogP contribution >= 0.6 is 27.3 Å². The minimum absolute atomic E-state index is 0.0290. The SMILES string of the molecule is N=c1oc2ccc(Br)cc2cc1-c1nc(-c2cc3ccccc3oc2=O)cs1. The number of thiazole rings is 1. The molecule has 0 aliphatic carbocycles. The first-order valence-corrected chi connectivity index (χ1v) is 10.0. The summed E-state index contributed by atoms with van der Waals surface area (Å²) >= 11 is 4.80. The fraction of sp³-hybridized carbons (Fsp3) is 0. The number of hydrogen-bond donors (Lipinski definition) is 1. The van der Waals surface area contributed by atoms with Crippen molar-refractivity contribution in [2.24, 2.45) is 0 Å². The van der Waals surface area contributed by atoms with Gasteiger partial charge in [-0.2, -0.15) is 0 Å². The molecule has 5 nitrogen and oxygen atoms in total. The molecule has 2 aromatic carbocycles. The lowest BCUT2D eigenvalue weighted by Gasteiger charge is -2.02. The van der Waals surface area contributed by atoms with E-state index in [1.54, 1.807) is 17.5 Å². The third kappa shape index (κ3) is 2.89. The molecule has 0 saturated carbocycles. The van der Waals surface area contributed by atoms with Crippen molar-refractivity contribution in [1.29, 1.82) is 5.41 Å². The normalized spacial score (nSPS) is 11.3. The van der Waals surface area contributed by atoms with E-state index in [0.717, 1.165) is 15.2 Å². The van der Waals surface area contributed by atoms with Crippen LogP contribution in [0.1, 0.15) is 0 Å². The molecule has 0 bridgehead atoms. The van der Waals surface area contributed by atoms with Crippen LogP contribution in [0.4, 0.5) is 0 Å². The van der Waals surface area contributed by atoms with Gasteiger partial charge >= 0.3 is 5.63 Å². The molecule has 0 aliphatic heterocycles. The van der Waals surface area contributed by atoms with E-state index in [1.807, 2.05) is 42.5 Å². The lowest BCUT2D eigenvalue weighted by Crippen LogP contribution is -2.04. The Morgan fingerprint density at radius 2 is 1.71 bits per heavy atom. The lowest BCUT2D eigenvalue weighted by molar-refractivity contribution is 0.536. The molecular weight excluding hydrogens is 440 g/mol. The van der Waals surface area contributed by atoms with Gasteiger partial charge in [-0.1, -0.05) is 34.1 Å². The van der Waals surface area contributed by atoms with E-state index < -0.39 is 5.63 Å². The monoisotopic (exact) mass is 450 g/mol. The molecular formula is C21H11BrN2O3S. The molecule has 3 heterocycles. The summed E-state index contributed by atoms with van der Waals surface area (Å²) in [6.07, 6.45) is 0. The van der Waals surface area contributed by atoms with Crippen molar-refractivity contribution in [3.63, 3.8) is 0 Å². The summed E-state index contributed by atoms with van der Waals surface area (Å²) in [6, 6.07) is 16.6. The largest absolute Gasteiger partial charge is 0.438 e. The van der Waals surface area contributed by atoms with E-state index in [1.165, 1.54) is 11.3 Å². The molecule has 0 atom stereocenters. The lowest BCUT2D eigenvalue weighted by atomic mass is 10.1. The summed E-state index contributed by atoms with van der Waals surface area (Å²) in [5.74, 6) is 0. The number of rotatable bonds is 2. The van der Waals surface area contributed by atoms with Gasteiger partial charge in [-0.25, -0.2) is 9.78 Å². The zero-order chi connectivity index (χ0) is 19.3. The van der Waals surface area contributed by atoms with Crippen LogP contribution in [0.25, 0.3) is 43.8 Å². The Morgan fingerprint density at radius 1 is 0.929 bits per heavy atom. The highest BCUT2D eigenvalue weighted by molar-refractivity contribution is 9.10. The third-order valence-corrected chi connectivity index (χ3v) is 5.75. The van der Waals surface area contributed by atoms with Crippen molar-refractivity contribution < 1.29 is 8.83 Å². The molecule has 3 aromatic heterocycles. The van der Waals surface area contributed by atoms with Gasteiger partial charge in [-0.3, -0.25) is 5.41 Å². The van der Waals surface area contributed by atoms with Crippen LogP contribution in [-0.4, -0.2) is 4.98 Å². The fourth-order valence-electron chi connectivity index (χ4n) is 3.03. The molecule has 5 rings (SSSR count). The fourth-order valence-corrected chi connectivity index (χ4v) is 4.24. The van der Waals surface area contributed by atoms with E-state index >= 15 is 0 Å². The van der Waals surface area contributed by atoms with Crippen molar-refractivity contribution in [3.05, 3.63) is 80.4 Å². The molecule has 5 aromatic rings. The zero-order valence-electron chi connectivity index (χ0n) is 14.2. The Labute approximate surface area is 170 Å². The van der Waals surface area contributed by atoms with Crippen molar-refractivity contribution in [3.8, 4) is 21.8 Å². The standard InChI is InChI=1S/C21H11BrN2O3S/c22-13-5-6-18-12(7-13)9-15(19(23)26-18)20-24-16(10-28-20)14-8-11-3-1-2-4-17(11)27-21(14)25/h1-10,23H. The Morgan fingerprint density at radius 3 is 2.61 bits per heavy atom. The molecule has 0 fully saturated rings. The molecule has 1 N–H and O–H groups in total. The second-order valence-corrected chi connectivity index (χ2v) is 7.97. The Hall–Kier alpha value is -3.03. The van der Waals surface area contributed by atoms with Gasteiger partial charge in [-0.15, -0.1) is 11.3 Å². The average Bonchev–Trinajstić information content (AvgIpc) is 3.17. The number of para-hydroxylation sites is 1. The molecule has 0 amide bonds. The van der Waals surface area contributed by atoms with E-state index in [4.69, 9.17) is 14.2 Å². The van der Waals surface area contributed by atoms with E-state index in [0.29, 0.717) is 33.0 Å². The van der Waals surface area contributed by atoms with Crippen molar-refractivity contribution in [2.75, 3.05) is 0 Å². The van der Waals surface area contributed by atoms with Gasteiger partial charge in [0.05, 0.1) is 16.8 Å². The van der Waals surface area contributed by atoms with Crippen LogP contribution in [0.3, 0.4) is 0 Å². The highest BCUT2D eigenvalue weighted by Gasteiger charge is 2.14. The predicted octanol–water partition coefficient (Wildman–Crippen LogP) is 5.57. The first kappa shape index (κ1) is 17.1. The van der Waals surface area contributed by atoms with Crippen molar-refractivity contribution in [2.45, 2.75) is 0 Å². The third-order valence-electron chi connectivity index (χ3n) is 4.38. The van der Waals surface area contributed by atoms with Gasteiger partial charge in [0.2, 0.25) is 5.55 Å². The second kappa shape index (κ2) is 6.54. The van der Waals surface area contributed by atoms with Crippen LogP contribution in [0.5, 0.6) is 0 Å². The number of fused-ring (bicyclic) bond motifs is 2. The Balaban J connectivity index is 1.65. The van der Waals surface area contributed by atoms with Crippen molar-refractivity contribution in [1.82, 2.24) is 4.98 Å². The number of nitrogens with zero attached hydrogens (tertiary/aromatic N) is 1. The van der Waals surface area contributed by atoms with E-state index in [9.17, 15) is 4.79 Å². The van der Waals surface area contributed by atoms with Gasteiger partial charge in [0.15, 0.2) is 0 Å². The molecule has 0 spiro atoms. The maximum Gasteiger partial charge on any atom is 0.345 e. The minimum atomic E-state index is -0.436. The number of hydrogen-bond acceptors (Lipinski definition) is 6. The van der Waals surface area contributed by atoms with Crippen LogP contribution in [0, 0.1) is 5.41 Å². The number of nitrogens with one attached hydrogen (secondary N) is 1. The molecule has 0 radical (unpaired) electrons. The Bertz CT molecular complexity index is 1480. The summed E-state index contributed by atoms with van der Waals surface area (Å²) in [7, 11) is 0. The van der Waals surface area contributed by atoms with Crippen molar-refractivity contribution >= 4 is 49.2 Å². The van der Waals surface area contributed by atoms with Crippen LogP contribution in [-0.2, 0) is 0 Å². The number of aromatic nitrogens is 1. The molecule has 28 heavy (non-hydrogen) atoms. The summed E-state index contributed by atoms with van der Waals surface area (Å²) in [5.41, 5.74) is 2.26. The smallest absolute Gasteiger partial charge is 0.345 e. The average molecular weight is 451 g/mol. The minimum Gasteiger partial charge on any atom is -0.438 e. The second-order valence-electron chi connectivity index (χ2n) is 6.19. The first-order chi connectivity index (χ1) is 13.6. The van der Waals surface area contributed by atoms with Gasteiger partial charge in [0.25, 0.3) is 0 Å². The van der Waals surface area contributed by atoms with Crippen LogP contribution in [0.15, 0.2) is 78.1 Å². The molecule has 0 saturated heterocycles. The number of halogens is 1. The maximum atomic E-state index is 12.4. The Kier molecular flexibility index (Phi) is 3.99. The number of benzene rings is 2. The summed E-state index contributed by atoms with van der Waals surface area (Å²) in [5, 5.41) is 12.3. The highest BCUT2D eigenvalue weighted by atomic mass is 79.9. The predicted molar refractivity (Wildman–Crippen MR) is 112 cm³/mol. The first-order valence-electron chi connectivity index (χ1n) is 8.36. The molecule has 7 heteroatoms. The van der Waals surface area contributed by atoms with Crippen LogP contribution < -0.4 is 11.2 Å².